The van der Waals surface area contributed by atoms with Gasteiger partial charge in [0.2, 0.25) is 0 Å². The maximum atomic E-state index is 12.1. The third-order valence-electron chi connectivity index (χ3n) is 3.31. The summed E-state index contributed by atoms with van der Waals surface area (Å²) >= 11 is 0. The monoisotopic (exact) mass is 330 g/mol. The zero-order chi connectivity index (χ0) is 18.2. The van der Waals surface area contributed by atoms with Crippen molar-refractivity contribution in [1.82, 2.24) is 0 Å². The number of nitrogens with one attached hydrogen (secondary N) is 2. The number of Topliss-reactive ketones (excluding diaryl/α,β-unsaturated/α-hetero) is 1. The minimum absolute atomic E-state index is 0.0675. The molecule has 2 aromatic carbocycles. The third-order valence-corrected chi connectivity index (χ3v) is 3.31. The number of benzene rings is 2. The van der Waals surface area contributed by atoms with Crippen molar-refractivity contribution in [2.45, 2.75) is 6.92 Å². The SMILES string of the molecule is CC(=O)c1ccc(NC(=O)/C(C#N)=C\Nc2ccc(C#N)cc2)cc1. The van der Waals surface area contributed by atoms with Crippen LogP contribution in [-0.2, 0) is 4.79 Å². The van der Waals surface area contributed by atoms with Crippen molar-refractivity contribution in [2.75, 3.05) is 10.6 Å². The molecule has 2 aromatic rings. The number of hydrogen-bond donors (Lipinski definition) is 2. The number of ketones is 1. The van der Waals surface area contributed by atoms with Crippen LogP contribution in [0, 0.1) is 22.7 Å². The number of hydrogen-bond acceptors (Lipinski definition) is 5. The van der Waals surface area contributed by atoms with Crippen LogP contribution in [0.1, 0.15) is 22.8 Å². The highest BCUT2D eigenvalue weighted by atomic mass is 16.1. The van der Waals surface area contributed by atoms with E-state index in [2.05, 4.69) is 10.6 Å². The van der Waals surface area contributed by atoms with E-state index in [0.29, 0.717) is 22.5 Å². The first-order valence-corrected chi connectivity index (χ1v) is 7.33. The Kier molecular flexibility index (Phi) is 5.65. The predicted molar refractivity (Wildman–Crippen MR) is 93.6 cm³/mol. The molecule has 0 saturated heterocycles. The Hall–Kier alpha value is -3.90. The van der Waals surface area contributed by atoms with Crippen molar-refractivity contribution in [1.29, 1.82) is 10.5 Å². The van der Waals surface area contributed by atoms with Crippen molar-refractivity contribution in [3.05, 3.63) is 71.4 Å². The number of carbonyl (C=O) groups is 2. The van der Waals surface area contributed by atoms with Crippen molar-refractivity contribution in [3.63, 3.8) is 0 Å². The van der Waals surface area contributed by atoms with Gasteiger partial charge < -0.3 is 10.6 Å². The molecule has 0 aliphatic carbocycles. The standard InChI is InChI=1S/C19H14N4O2/c1-13(24)15-4-8-18(9-5-15)23-19(25)16(11-21)12-22-17-6-2-14(10-20)3-7-17/h2-9,12,22H,1H3,(H,23,25)/b16-12-. The highest BCUT2D eigenvalue weighted by molar-refractivity contribution is 6.07. The van der Waals surface area contributed by atoms with Gasteiger partial charge in [-0.25, -0.2) is 0 Å². The van der Waals surface area contributed by atoms with Crippen LogP contribution < -0.4 is 10.6 Å². The molecule has 0 aliphatic heterocycles. The highest BCUT2D eigenvalue weighted by Gasteiger charge is 2.09. The van der Waals surface area contributed by atoms with Gasteiger partial charge in [0.15, 0.2) is 5.78 Å². The molecule has 0 aliphatic rings. The zero-order valence-electron chi connectivity index (χ0n) is 13.4. The van der Waals surface area contributed by atoms with Gasteiger partial charge in [-0.15, -0.1) is 0 Å². The van der Waals surface area contributed by atoms with E-state index < -0.39 is 5.91 Å². The maximum absolute atomic E-state index is 12.1. The predicted octanol–water partition coefficient (Wildman–Crippen LogP) is 3.22. The van der Waals surface area contributed by atoms with Crippen molar-refractivity contribution in [3.8, 4) is 12.1 Å². The molecule has 0 heterocycles. The van der Waals surface area contributed by atoms with Crippen molar-refractivity contribution >= 4 is 23.1 Å². The lowest BCUT2D eigenvalue weighted by Crippen LogP contribution is -2.14. The fraction of sp³-hybridized carbons (Fsp3) is 0.0526. The van der Waals surface area contributed by atoms with E-state index in [1.165, 1.54) is 13.1 Å². The molecule has 0 saturated carbocycles. The summed E-state index contributed by atoms with van der Waals surface area (Å²) in [4.78, 5) is 23.4. The Bertz CT molecular complexity index is 898. The lowest BCUT2D eigenvalue weighted by Gasteiger charge is -2.06. The van der Waals surface area contributed by atoms with Gasteiger partial charge >= 0.3 is 0 Å². The van der Waals surface area contributed by atoms with Gasteiger partial charge in [-0.3, -0.25) is 9.59 Å². The summed E-state index contributed by atoms with van der Waals surface area (Å²) in [5.41, 5.74) is 2.07. The Labute approximate surface area is 145 Å². The highest BCUT2D eigenvalue weighted by Crippen LogP contribution is 2.12. The maximum Gasteiger partial charge on any atom is 0.267 e. The topological polar surface area (TPSA) is 106 Å². The number of nitrogens with zero attached hydrogens (tertiary/aromatic N) is 2. The second kappa shape index (κ2) is 8.09. The lowest BCUT2D eigenvalue weighted by atomic mass is 10.1. The summed E-state index contributed by atoms with van der Waals surface area (Å²) in [5, 5.41) is 23.3. The molecular formula is C19H14N4O2. The first kappa shape index (κ1) is 17.5. The molecule has 0 fully saturated rings. The van der Waals surface area contributed by atoms with Crippen LogP contribution in [0.5, 0.6) is 0 Å². The Morgan fingerprint density at radius 2 is 1.56 bits per heavy atom. The molecule has 122 valence electrons. The minimum atomic E-state index is -0.570. The number of rotatable bonds is 5. The fourth-order valence-corrected chi connectivity index (χ4v) is 1.93. The summed E-state index contributed by atoms with van der Waals surface area (Å²) < 4.78 is 0. The molecule has 0 unspecified atom stereocenters. The summed E-state index contributed by atoms with van der Waals surface area (Å²) in [5.74, 6) is -0.638. The Balaban J connectivity index is 2.05. The van der Waals surface area contributed by atoms with E-state index in [4.69, 9.17) is 10.5 Å². The number of nitriles is 2. The van der Waals surface area contributed by atoms with Gasteiger partial charge in [-0.05, 0) is 55.5 Å². The number of amides is 1. The fourth-order valence-electron chi connectivity index (χ4n) is 1.93. The summed E-state index contributed by atoms with van der Waals surface area (Å²) in [6.45, 7) is 1.46. The minimum Gasteiger partial charge on any atom is -0.360 e. The average molecular weight is 330 g/mol. The zero-order valence-corrected chi connectivity index (χ0v) is 13.4. The second-order valence-corrected chi connectivity index (χ2v) is 5.09. The van der Waals surface area contributed by atoms with Gasteiger partial charge in [0, 0.05) is 23.1 Å². The first-order valence-electron chi connectivity index (χ1n) is 7.33. The van der Waals surface area contributed by atoms with Crippen LogP contribution in [0.4, 0.5) is 11.4 Å². The Morgan fingerprint density at radius 1 is 0.960 bits per heavy atom. The van der Waals surface area contributed by atoms with E-state index in [1.54, 1.807) is 48.5 Å². The molecular weight excluding hydrogens is 316 g/mol. The molecule has 0 bridgehead atoms. The summed E-state index contributed by atoms with van der Waals surface area (Å²) in [7, 11) is 0. The van der Waals surface area contributed by atoms with E-state index in [9.17, 15) is 9.59 Å². The van der Waals surface area contributed by atoms with Crippen molar-refractivity contribution < 1.29 is 9.59 Å². The molecule has 0 atom stereocenters. The molecule has 6 nitrogen and oxygen atoms in total. The molecule has 0 radical (unpaired) electrons. The first-order chi connectivity index (χ1) is 12.0. The van der Waals surface area contributed by atoms with Crippen LogP contribution in [0.25, 0.3) is 0 Å². The smallest absolute Gasteiger partial charge is 0.267 e. The molecule has 0 spiro atoms. The van der Waals surface area contributed by atoms with E-state index in [-0.39, 0.29) is 11.4 Å². The largest absolute Gasteiger partial charge is 0.360 e. The molecule has 25 heavy (non-hydrogen) atoms. The molecule has 6 heteroatoms. The van der Waals surface area contributed by atoms with Crippen LogP contribution >= 0.6 is 0 Å². The molecule has 1 amide bonds. The van der Waals surface area contributed by atoms with E-state index in [1.807, 2.05) is 12.1 Å². The van der Waals surface area contributed by atoms with Gasteiger partial charge in [-0.2, -0.15) is 10.5 Å². The van der Waals surface area contributed by atoms with Crippen LogP contribution in [0.3, 0.4) is 0 Å². The summed E-state index contributed by atoms with van der Waals surface area (Å²) in [6, 6.07) is 16.8. The van der Waals surface area contributed by atoms with Gasteiger partial charge in [0.1, 0.15) is 11.6 Å². The van der Waals surface area contributed by atoms with E-state index in [0.717, 1.165) is 0 Å². The average Bonchev–Trinajstić information content (AvgIpc) is 2.63. The molecule has 2 rings (SSSR count). The van der Waals surface area contributed by atoms with Crippen LogP contribution in [0.2, 0.25) is 0 Å². The van der Waals surface area contributed by atoms with Crippen LogP contribution in [0.15, 0.2) is 60.3 Å². The second-order valence-electron chi connectivity index (χ2n) is 5.09. The molecule has 0 aromatic heterocycles. The van der Waals surface area contributed by atoms with E-state index >= 15 is 0 Å². The quantitative estimate of drug-likeness (QED) is 0.497. The Morgan fingerprint density at radius 3 is 2.08 bits per heavy atom. The van der Waals surface area contributed by atoms with Gasteiger partial charge in [0.25, 0.3) is 5.91 Å². The van der Waals surface area contributed by atoms with Gasteiger partial charge in [0.05, 0.1) is 11.6 Å². The molecule has 2 N–H and O–H groups in total. The third kappa shape index (κ3) is 4.78. The van der Waals surface area contributed by atoms with Gasteiger partial charge in [-0.1, -0.05) is 0 Å². The lowest BCUT2D eigenvalue weighted by molar-refractivity contribution is -0.112. The normalized spacial score (nSPS) is 10.3. The number of anilines is 2. The van der Waals surface area contributed by atoms with Crippen LogP contribution in [-0.4, -0.2) is 11.7 Å². The van der Waals surface area contributed by atoms with Crippen molar-refractivity contribution in [2.24, 2.45) is 0 Å². The summed E-state index contributed by atoms with van der Waals surface area (Å²) in [6.07, 6.45) is 1.29. The number of carbonyl (C=O) groups excluding carboxylic acids is 2.